The van der Waals surface area contributed by atoms with Gasteiger partial charge in [0.25, 0.3) is 0 Å². The van der Waals surface area contributed by atoms with Gasteiger partial charge in [-0.1, -0.05) is 31.2 Å². The van der Waals surface area contributed by atoms with Crippen molar-refractivity contribution in [3.8, 4) is 5.75 Å². The summed E-state index contributed by atoms with van der Waals surface area (Å²) in [5.74, 6) is -1.39. The molecular weight excluding hydrogens is 328 g/mol. The summed E-state index contributed by atoms with van der Waals surface area (Å²) >= 11 is 0. The number of anilines is 1. The quantitative estimate of drug-likeness (QED) is 0.737. The molecule has 5 heteroatoms. The van der Waals surface area contributed by atoms with Crippen molar-refractivity contribution >= 4 is 17.5 Å². The van der Waals surface area contributed by atoms with Crippen LogP contribution in [0.5, 0.6) is 5.75 Å². The fraction of sp³-hybridized carbons (Fsp3) is 0.333. The molecule has 2 aromatic carbocycles. The van der Waals surface area contributed by atoms with Crippen LogP contribution in [0.2, 0.25) is 0 Å². The minimum atomic E-state index is -0.744. The second-order valence-corrected chi connectivity index (χ2v) is 6.67. The molecule has 3 N–H and O–H groups in total. The first-order valence-electron chi connectivity index (χ1n) is 9.09. The molecule has 136 valence electrons. The first-order valence-corrected chi connectivity index (χ1v) is 9.09. The number of nitrogens with one attached hydrogen (secondary N) is 2. The van der Waals surface area contributed by atoms with E-state index in [2.05, 4.69) is 22.8 Å². The highest BCUT2D eigenvalue weighted by atomic mass is 16.3. The van der Waals surface area contributed by atoms with E-state index in [4.69, 9.17) is 0 Å². The van der Waals surface area contributed by atoms with Gasteiger partial charge >= 0.3 is 11.8 Å². The highest BCUT2D eigenvalue weighted by Gasteiger charge is 2.20. The Bertz CT molecular complexity index is 817. The topological polar surface area (TPSA) is 78.4 Å². The lowest BCUT2D eigenvalue weighted by Crippen LogP contribution is -2.37. The normalized spacial score (nSPS) is 14.2. The molecule has 0 saturated carbocycles. The Hall–Kier alpha value is -2.82. The van der Waals surface area contributed by atoms with Crippen molar-refractivity contribution in [3.63, 3.8) is 0 Å². The Morgan fingerprint density at radius 1 is 1.04 bits per heavy atom. The van der Waals surface area contributed by atoms with Crippen LogP contribution in [0, 0.1) is 0 Å². The smallest absolute Gasteiger partial charge is 0.313 e. The van der Waals surface area contributed by atoms with E-state index >= 15 is 0 Å². The lowest BCUT2D eigenvalue weighted by atomic mass is 9.89. The molecule has 5 nitrogen and oxygen atoms in total. The SMILES string of the molecule is CCC(NC(=O)C(=O)Nc1cccc(O)c1)c1ccc2c(c1)CCCC2. The fourth-order valence-electron chi connectivity index (χ4n) is 3.39. The van der Waals surface area contributed by atoms with Gasteiger partial charge in [0.15, 0.2) is 0 Å². The third-order valence-corrected chi connectivity index (χ3v) is 4.80. The van der Waals surface area contributed by atoms with Gasteiger partial charge in [-0.3, -0.25) is 9.59 Å². The number of aromatic hydroxyl groups is 1. The highest BCUT2D eigenvalue weighted by Crippen LogP contribution is 2.26. The van der Waals surface area contributed by atoms with Gasteiger partial charge < -0.3 is 15.7 Å². The van der Waals surface area contributed by atoms with E-state index in [1.807, 2.05) is 13.0 Å². The Labute approximate surface area is 153 Å². The van der Waals surface area contributed by atoms with Crippen molar-refractivity contribution in [1.82, 2.24) is 5.32 Å². The predicted molar refractivity (Wildman–Crippen MR) is 101 cm³/mol. The molecule has 2 amide bonds. The first kappa shape index (κ1) is 18.0. The lowest BCUT2D eigenvalue weighted by Gasteiger charge is -2.21. The Morgan fingerprint density at radius 2 is 1.81 bits per heavy atom. The van der Waals surface area contributed by atoms with Gasteiger partial charge in [-0.15, -0.1) is 0 Å². The molecule has 26 heavy (non-hydrogen) atoms. The summed E-state index contributed by atoms with van der Waals surface area (Å²) in [6.45, 7) is 1.98. The van der Waals surface area contributed by atoms with Crippen molar-refractivity contribution in [2.45, 2.75) is 45.1 Å². The third kappa shape index (κ3) is 4.23. The largest absolute Gasteiger partial charge is 0.508 e. The van der Waals surface area contributed by atoms with Gasteiger partial charge in [-0.25, -0.2) is 0 Å². The van der Waals surface area contributed by atoms with Gasteiger partial charge in [0.05, 0.1) is 6.04 Å². The van der Waals surface area contributed by atoms with Crippen molar-refractivity contribution in [2.75, 3.05) is 5.32 Å². The maximum atomic E-state index is 12.3. The molecule has 2 aromatic rings. The van der Waals surface area contributed by atoms with E-state index in [9.17, 15) is 14.7 Å². The molecule has 0 bridgehead atoms. The van der Waals surface area contributed by atoms with Crippen LogP contribution in [-0.2, 0) is 22.4 Å². The number of hydrogen-bond donors (Lipinski definition) is 3. The zero-order chi connectivity index (χ0) is 18.5. The summed E-state index contributed by atoms with van der Waals surface area (Å²) < 4.78 is 0. The molecule has 1 atom stereocenters. The lowest BCUT2D eigenvalue weighted by molar-refractivity contribution is -0.136. The van der Waals surface area contributed by atoms with E-state index < -0.39 is 11.8 Å². The van der Waals surface area contributed by atoms with Crippen LogP contribution in [0.1, 0.15) is 48.9 Å². The Kier molecular flexibility index (Phi) is 5.56. The number of phenols is 1. The maximum absolute atomic E-state index is 12.3. The molecular formula is C21H24N2O3. The van der Waals surface area contributed by atoms with Crippen LogP contribution in [0.4, 0.5) is 5.69 Å². The van der Waals surface area contributed by atoms with E-state index in [0.29, 0.717) is 12.1 Å². The van der Waals surface area contributed by atoms with Gasteiger partial charge in [0.1, 0.15) is 5.75 Å². The monoisotopic (exact) mass is 352 g/mol. The molecule has 3 rings (SSSR count). The summed E-state index contributed by atoms with van der Waals surface area (Å²) in [6, 6.07) is 12.3. The van der Waals surface area contributed by atoms with Crippen LogP contribution < -0.4 is 10.6 Å². The Morgan fingerprint density at radius 3 is 2.54 bits per heavy atom. The molecule has 1 unspecified atom stereocenters. The van der Waals surface area contributed by atoms with E-state index in [-0.39, 0.29) is 11.8 Å². The third-order valence-electron chi connectivity index (χ3n) is 4.80. The maximum Gasteiger partial charge on any atom is 0.313 e. The summed E-state index contributed by atoms with van der Waals surface area (Å²) in [4.78, 5) is 24.4. The van der Waals surface area contributed by atoms with Crippen molar-refractivity contribution in [1.29, 1.82) is 0 Å². The molecule has 1 aliphatic carbocycles. The molecule has 0 aromatic heterocycles. The number of carbonyl (C=O) groups is 2. The average Bonchev–Trinajstić information content (AvgIpc) is 2.65. The number of amides is 2. The van der Waals surface area contributed by atoms with Crippen LogP contribution in [0.25, 0.3) is 0 Å². The summed E-state index contributed by atoms with van der Waals surface area (Å²) in [5, 5.41) is 14.8. The van der Waals surface area contributed by atoms with Crippen LogP contribution in [-0.4, -0.2) is 16.9 Å². The molecule has 0 aliphatic heterocycles. The number of benzene rings is 2. The zero-order valence-corrected chi connectivity index (χ0v) is 14.9. The second-order valence-electron chi connectivity index (χ2n) is 6.67. The number of hydrogen-bond acceptors (Lipinski definition) is 3. The minimum absolute atomic E-state index is 0.0312. The van der Waals surface area contributed by atoms with Crippen molar-refractivity contribution < 1.29 is 14.7 Å². The minimum Gasteiger partial charge on any atom is -0.508 e. The Balaban J connectivity index is 1.67. The molecule has 1 aliphatic rings. The van der Waals surface area contributed by atoms with Gasteiger partial charge in [-0.05, 0) is 60.9 Å². The fourth-order valence-corrected chi connectivity index (χ4v) is 3.39. The summed E-state index contributed by atoms with van der Waals surface area (Å²) in [6.07, 6.45) is 5.32. The standard InChI is InChI=1S/C21H24N2O3/c1-2-19(16-11-10-14-6-3-4-7-15(14)12-16)23-21(26)20(25)22-17-8-5-9-18(24)13-17/h5,8-13,19,24H,2-4,6-7H2,1H3,(H,22,25)(H,23,26). The van der Waals surface area contributed by atoms with Gasteiger partial charge in [-0.2, -0.15) is 0 Å². The molecule has 0 saturated heterocycles. The molecule has 0 fully saturated rings. The number of rotatable bonds is 4. The number of phenolic OH excluding ortho intramolecular Hbond substituents is 1. The highest BCUT2D eigenvalue weighted by molar-refractivity contribution is 6.39. The number of aryl methyl sites for hydroxylation is 2. The summed E-state index contributed by atoms with van der Waals surface area (Å²) in [7, 11) is 0. The van der Waals surface area contributed by atoms with E-state index in [1.54, 1.807) is 12.1 Å². The second kappa shape index (κ2) is 8.04. The van der Waals surface area contributed by atoms with Gasteiger partial charge in [0, 0.05) is 11.8 Å². The van der Waals surface area contributed by atoms with Gasteiger partial charge in [0.2, 0.25) is 0 Å². The van der Waals surface area contributed by atoms with Crippen LogP contribution >= 0.6 is 0 Å². The predicted octanol–water partition coefficient (Wildman–Crippen LogP) is 3.48. The summed E-state index contributed by atoms with van der Waals surface area (Å²) in [5.41, 5.74) is 4.16. The first-order chi connectivity index (χ1) is 12.6. The molecule has 0 heterocycles. The zero-order valence-electron chi connectivity index (χ0n) is 14.9. The van der Waals surface area contributed by atoms with E-state index in [1.165, 1.54) is 36.1 Å². The van der Waals surface area contributed by atoms with E-state index in [0.717, 1.165) is 18.4 Å². The molecule has 0 spiro atoms. The van der Waals surface area contributed by atoms with Crippen LogP contribution in [0.3, 0.4) is 0 Å². The molecule has 0 radical (unpaired) electrons. The number of carbonyl (C=O) groups excluding carboxylic acids is 2. The van der Waals surface area contributed by atoms with Crippen LogP contribution in [0.15, 0.2) is 42.5 Å². The average molecular weight is 352 g/mol. The number of fused-ring (bicyclic) bond motifs is 1. The van der Waals surface area contributed by atoms with Crippen molar-refractivity contribution in [2.24, 2.45) is 0 Å². The van der Waals surface area contributed by atoms with Crippen molar-refractivity contribution in [3.05, 3.63) is 59.2 Å².